The zero-order valence-electron chi connectivity index (χ0n) is 16.9. The molecule has 0 heterocycles. The summed E-state index contributed by atoms with van der Waals surface area (Å²) >= 11 is 0. The molecule has 0 aromatic carbocycles. The number of hydrogen-bond acceptors (Lipinski definition) is 0. The second-order valence-electron chi connectivity index (χ2n) is 6.22. The van der Waals surface area contributed by atoms with Gasteiger partial charge in [-0.1, -0.05) is 140 Å². The summed E-state index contributed by atoms with van der Waals surface area (Å²) in [4.78, 5) is 0. The van der Waals surface area contributed by atoms with Crippen molar-refractivity contribution < 1.29 is 0 Å². The van der Waals surface area contributed by atoms with Crippen LogP contribution in [0, 0.1) is 6.08 Å². The van der Waals surface area contributed by atoms with Gasteiger partial charge >= 0.3 is 0 Å². The van der Waals surface area contributed by atoms with Crippen molar-refractivity contribution in [2.24, 2.45) is 0 Å². The van der Waals surface area contributed by atoms with Gasteiger partial charge in [0.1, 0.15) is 0 Å². The monoisotopic (exact) mass is 369 g/mol. The molecule has 0 aromatic heterocycles. The molecule has 0 N–H and O–H groups in total. The predicted molar refractivity (Wildman–Crippen MR) is 127 cm³/mol. The highest BCUT2D eigenvalue weighted by atomic mass is 13.9. The van der Waals surface area contributed by atoms with Crippen molar-refractivity contribution >= 4 is 0 Å². The minimum atomic E-state index is 1.04. The molecule has 0 amide bonds. The van der Waals surface area contributed by atoms with Crippen molar-refractivity contribution in [2.45, 2.75) is 38.5 Å². The summed E-state index contributed by atoms with van der Waals surface area (Å²) < 4.78 is 0. The second-order valence-corrected chi connectivity index (χ2v) is 6.22. The van der Waals surface area contributed by atoms with Gasteiger partial charge < -0.3 is 0 Å². The molecule has 28 heavy (non-hydrogen) atoms. The lowest BCUT2D eigenvalue weighted by molar-refractivity contribution is 0.649. The summed E-state index contributed by atoms with van der Waals surface area (Å²) in [7, 11) is 0. The fraction of sp³-hybridized carbons (Fsp3) is 0.214. The van der Waals surface area contributed by atoms with Crippen LogP contribution in [-0.2, 0) is 0 Å². The third-order valence-corrected chi connectivity index (χ3v) is 3.79. The molecule has 0 fully saturated rings. The fourth-order valence-electron chi connectivity index (χ4n) is 2.32. The molecule has 0 nitrogen and oxygen atoms in total. The smallest absolute Gasteiger partial charge is 0.0276 e. The second kappa shape index (κ2) is 20.5. The molecule has 1 radical (unpaired) electrons. The summed E-state index contributed by atoms with van der Waals surface area (Å²) in [5, 5.41) is 0. The first-order valence-corrected chi connectivity index (χ1v) is 10.2. The van der Waals surface area contributed by atoms with Gasteiger partial charge in [0.05, 0.1) is 0 Å². The van der Waals surface area contributed by atoms with Crippen LogP contribution in [0.15, 0.2) is 128 Å². The average Bonchev–Trinajstić information content (AvgIpc) is 2.71. The van der Waals surface area contributed by atoms with E-state index in [0.29, 0.717) is 0 Å². The molecule has 0 heteroatoms. The van der Waals surface area contributed by atoms with Crippen LogP contribution in [0.4, 0.5) is 0 Å². The molecule has 0 unspecified atom stereocenters. The SMILES string of the molecule is [C]1=C\C=C/C=C\C=C/C=C\C=C/C=CC=C\C=C/C=C\C=C/CCCCCC1. The van der Waals surface area contributed by atoms with E-state index in [4.69, 9.17) is 0 Å². The predicted octanol–water partition coefficient (Wildman–Crippen LogP) is 8.26. The summed E-state index contributed by atoms with van der Waals surface area (Å²) in [6.07, 6.45) is 53.5. The first-order chi connectivity index (χ1) is 14.0. The van der Waals surface area contributed by atoms with Gasteiger partial charge in [-0.25, -0.2) is 0 Å². The van der Waals surface area contributed by atoms with Crippen LogP contribution >= 0.6 is 0 Å². The molecular formula is C28H33. The molecule has 1 rings (SSSR count). The Balaban J connectivity index is 2.50. The maximum atomic E-state index is 3.33. The lowest BCUT2D eigenvalue weighted by Gasteiger charge is -1.96. The Morgan fingerprint density at radius 1 is 0.357 bits per heavy atom. The van der Waals surface area contributed by atoms with Gasteiger partial charge in [-0.15, -0.1) is 0 Å². The number of rotatable bonds is 0. The van der Waals surface area contributed by atoms with Crippen molar-refractivity contribution in [2.75, 3.05) is 0 Å². The van der Waals surface area contributed by atoms with Crippen LogP contribution in [0.1, 0.15) is 38.5 Å². The molecule has 0 atom stereocenters. The standard InChI is InChI=1S/C28H33/c1-2-4-6-8-10-12-14-16-18-20-22-24-26-28-27-25-23-21-19-17-15-13-11-9-7-5-3-1/h1-21H,22,24-28H2/b3-1-,4-2?,7-5-,8-6?,11-9-,12-10-,15-13-,16-14-,19-17-,20-18-,23-21?. The lowest BCUT2D eigenvalue weighted by Crippen LogP contribution is -1.76. The third kappa shape index (κ3) is 17.9. The van der Waals surface area contributed by atoms with E-state index in [2.05, 4.69) is 30.4 Å². The Labute approximate surface area is 172 Å². The van der Waals surface area contributed by atoms with Crippen LogP contribution in [-0.4, -0.2) is 0 Å². The molecule has 0 saturated heterocycles. The fourth-order valence-corrected chi connectivity index (χ4v) is 2.32. The molecule has 0 aliphatic heterocycles. The van der Waals surface area contributed by atoms with E-state index in [9.17, 15) is 0 Å². The Hall–Kier alpha value is -2.86. The van der Waals surface area contributed by atoms with E-state index < -0.39 is 0 Å². The zero-order chi connectivity index (χ0) is 19.8. The lowest BCUT2D eigenvalue weighted by atomic mass is 10.1. The maximum absolute atomic E-state index is 3.33. The maximum Gasteiger partial charge on any atom is -0.0276 e. The van der Waals surface area contributed by atoms with Crippen LogP contribution in [0.3, 0.4) is 0 Å². The van der Waals surface area contributed by atoms with Crippen LogP contribution in [0.5, 0.6) is 0 Å². The van der Waals surface area contributed by atoms with Gasteiger partial charge in [-0.05, 0) is 31.8 Å². The average molecular weight is 370 g/mol. The van der Waals surface area contributed by atoms with Gasteiger partial charge in [-0.2, -0.15) is 0 Å². The summed E-state index contributed by atoms with van der Waals surface area (Å²) in [6.45, 7) is 0. The Morgan fingerprint density at radius 3 is 1.25 bits per heavy atom. The van der Waals surface area contributed by atoms with E-state index in [1.165, 1.54) is 25.7 Å². The molecule has 145 valence electrons. The van der Waals surface area contributed by atoms with Gasteiger partial charge in [0.2, 0.25) is 0 Å². The van der Waals surface area contributed by atoms with Gasteiger partial charge in [0.25, 0.3) is 0 Å². The molecule has 0 bridgehead atoms. The van der Waals surface area contributed by atoms with Crippen LogP contribution in [0.2, 0.25) is 0 Å². The van der Waals surface area contributed by atoms with Crippen molar-refractivity contribution in [3.05, 3.63) is 134 Å². The zero-order valence-corrected chi connectivity index (χ0v) is 16.9. The summed E-state index contributed by atoms with van der Waals surface area (Å²) in [5.41, 5.74) is 0. The first-order valence-electron chi connectivity index (χ1n) is 10.2. The van der Waals surface area contributed by atoms with Crippen molar-refractivity contribution in [1.82, 2.24) is 0 Å². The molecule has 0 aromatic rings. The van der Waals surface area contributed by atoms with Crippen molar-refractivity contribution in [1.29, 1.82) is 0 Å². The Bertz CT molecular complexity index is 620. The highest BCUT2D eigenvalue weighted by Crippen LogP contribution is 2.06. The normalized spacial score (nSPS) is 26.9. The summed E-state index contributed by atoms with van der Waals surface area (Å²) in [6, 6.07) is 0. The largest absolute Gasteiger partial charge is 0.0845 e. The van der Waals surface area contributed by atoms with Gasteiger partial charge in [0.15, 0.2) is 0 Å². The quantitative estimate of drug-likeness (QED) is 0.403. The molecule has 0 spiro atoms. The number of allylic oxidation sites excluding steroid dienone is 22. The topological polar surface area (TPSA) is 0 Å². The number of hydrogen-bond donors (Lipinski definition) is 0. The van der Waals surface area contributed by atoms with E-state index in [1.807, 2.05) is 103 Å². The molecule has 1 aliphatic rings. The first kappa shape index (κ1) is 23.2. The molecule has 1 aliphatic carbocycles. The van der Waals surface area contributed by atoms with Crippen molar-refractivity contribution in [3.63, 3.8) is 0 Å². The van der Waals surface area contributed by atoms with Gasteiger partial charge in [-0.3, -0.25) is 0 Å². The van der Waals surface area contributed by atoms with E-state index in [0.717, 1.165) is 12.8 Å². The van der Waals surface area contributed by atoms with Crippen molar-refractivity contribution in [3.8, 4) is 0 Å². The minimum Gasteiger partial charge on any atom is -0.0845 e. The van der Waals surface area contributed by atoms with Crippen LogP contribution in [0.25, 0.3) is 0 Å². The highest BCUT2D eigenvalue weighted by Gasteiger charge is 1.87. The van der Waals surface area contributed by atoms with E-state index in [1.54, 1.807) is 0 Å². The minimum absolute atomic E-state index is 1.04. The summed E-state index contributed by atoms with van der Waals surface area (Å²) in [5.74, 6) is 0. The highest BCUT2D eigenvalue weighted by molar-refractivity contribution is 5.22. The van der Waals surface area contributed by atoms with E-state index in [-0.39, 0.29) is 0 Å². The van der Waals surface area contributed by atoms with E-state index >= 15 is 0 Å². The third-order valence-electron chi connectivity index (χ3n) is 3.79. The molecule has 0 saturated carbocycles. The Morgan fingerprint density at radius 2 is 0.750 bits per heavy atom. The van der Waals surface area contributed by atoms with Crippen LogP contribution < -0.4 is 0 Å². The Kier molecular flexibility index (Phi) is 16.9. The van der Waals surface area contributed by atoms with Gasteiger partial charge in [0, 0.05) is 0 Å². The molecular weight excluding hydrogens is 336 g/mol.